The first-order chi connectivity index (χ1) is 8.08. The van der Waals surface area contributed by atoms with E-state index in [9.17, 15) is 4.79 Å². The molecule has 0 aromatic carbocycles. The monoisotopic (exact) mass is 241 g/mol. The van der Waals surface area contributed by atoms with Crippen LogP contribution in [0.25, 0.3) is 0 Å². The quantitative estimate of drug-likeness (QED) is 0.702. The fourth-order valence-corrected chi connectivity index (χ4v) is 2.33. The molecule has 0 aromatic rings. The predicted molar refractivity (Wildman–Crippen MR) is 70.8 cm³/mol. The molecular weight excluding hydrogens is 214 g/mol. The standard InChI is InChI=1S/C13H27N3O/c1-11(14)6-5-7-13(17)15-12(2)10-16-8-3-4-9-16/h11-12H,3-10,14H2,1-2H3,(H,15,17). The van der Waals surface area contributed by atoms with Crippen molar-refractivity contribution in [3.8, 4) is 0 Å². The first kappa shape index (κ1) is 14.5. The van der Waals surface area contributed by atoms with Crippen molar-refractivity contribution in [3.63, 3.8) is 0 Å². The van der Waals surface area contributed by atoms with Crippen LogP contribution in [-0.2, 0) is 4.79 Å². The molecule has 0 spiro atoms. The Hall–Kier alpha value is -0.610. The SMILES string of the molecule is CC(N)CCCC(=O)NC(C)CN1CCCC1. The summed E-state index contributed by atoms with van der Waals surface area (Å²) in [7, 11) is 0. The Morgan fingerprint density at radius 1 is 1.35 bits per heavy atom. The molecule has 0 radical (unpaired) electrons. The molecule has 2 unspecified atom stereocenters. The van der Waals surface area contributed by atoms with E-state index in [-0.39, 0.29) is 18.0 Å². The lowest BCUT2D eigenvalue weighted by atomic mass is 10.1. The van der Waals surface area contributed by atoms with Crippen LogP contribution in [0.15, 0.2) is 0 Å². The first-order valence-corrected chi connectivity index (χ1v) is 6.85. The maximum Gasteiger partial charge on any atom is 0.220 e. The van der Waals surface area contributed by atoms with Gasteiger partial charge in [-0.15, -0.1) is 0 Å². The van der Waals surface area contributed by atoms with E-state index >= 15 is 0 Å². The Morgan fingerprint density at radius 3 is 2.59 bits per heavy atom. The van der Waals surface area contributed by atoms with Crippen LogP contribution in [0.5, 0.6) is 0 Å². The molecule has 1 rings (SSSR count). The number of likely N-dealkylation sites (tertiary alicyclic amines) is 1. The van der Waals surface area contributed by atoms with Gasteiger partial charge in [0.05, 0.1) is 0 Å². The van der Waals surface area contributed by atoms with Crippen LogP contribution in [0, 0.1) is 0 Å². The Labute approximate surface area is 105 Å². The number of hydrogen-bond donors (Lipinski definition) is 2. The van der Waals surface area contributed by atoms with E-state index in [1.807, 2.05) is 6.92 Å². The van der Waals surface area contributed by atoms with E-state index in [1.165, 1.54) is 25.9 Å². The lowest BCUT2D eigenvalue weighted by Crippen LogP contribution is -2.41. The molecule has 1 aliphatic rings. The minimum atomic E-state index is 0.164. The molecule has 0 bridgehead atoms. The van der Waals surface area contributed by atoms with Crippen molar-refractivity contribution in [1.82, 2.24) is 10.2 Å². The van der Waals surface area contributed by atoms with Crippen molar-refractivity contribution < 1.29 is 4.79 Å². The molecule has 0 aliphatic carbocycles. The van der Waals surface area contributed by atoms with Gasteiger partial charge in [-0.25, -0.2) is 0 Å². The van der Waals surface area contributed by atoms with Crippen LogP contribution >= 0.6 is 0 Å². The third-order valence-corrected chi connectivity index (χ3v) is 3.20. The van der Waals surface area contributed by atoms with E-state index in [1.54, 1.807) is 0 Å². The lowest BCUT2D eigenvalue weighted by Gasteiger charge is -2.21. The van der Waals surface area contributed by atoms with E-state index in [0.717, 1.165) is 19.4 Å². The Bertz CT molecular complexity index is 225. The summed E-state index contributed by atoms with van der Waals surface area (Å²) in [6.45, 7) is 7.42. The highest BCUT2D eigenvalue weighted by Gasteiger charge is 2.15. The molecule has 2 atom stereocenters. The minimum absolute atomic E-state index is 0.164. The highest BCUT2D eigenvalue weighted by molar-refractivity contribution is 5.76. The summed E-state index contributed by atoms with van der Waals surface area (Å²) in [5.74, 6) is 0.164. The third kappa shape index (κ3) is 6.64. The zero-order valence-corrected chi connectivity index (χ0v) is 11.2. The Morgan fingerprint density at radius 2 is 2.00 bits per heavy atom. The topological polar surface area (TPSA) is 58.4 Å². The second kappa shape index (κ2) is 7.67. The van der Waals surface area contributed by atoms with Gasteiger partial charge < -0.3 is 16.0 Å². The molecule has 1 aliphatic heterocycles. The number of nitrogens with one attached hydrogen (secondary N) is 1. The van der Waals surface area contributed by atoms with Gasteiger partial charge in [-0.05, 0) is 52.6 Å². The van der Waals surface area contributed by atoms with Crippen LogP contribution in [0.2, 0.25) is 0 Å². The third-order valence-electron chi connectivity index (χ3n) is 3.20. The maximum atomic E-state index is 11.6. The van der Waals surface area contributed by atoms with Gasteiger partial charge in [0, 0.05) is 25.0 Å². The number of nitrogens with two attached hydrogens (primary N) is 1. The predicted octanol–water partition coefficient (Wildman–Crippen LogP) is 1.10. The average Bonchev–Trinajstić information content (AvgIpc) is 2.69. The fraction of sp³-hybridized carbons (Fsp3) is 0.923. The van der Waals surface area contributed by atoms with Crippen LogP contribution in [0.1, 0.15) is 46.0 Å². The highest BCUT2D eigenvalue weighted by atomic mass is 16.1. The van der Waals surface area contributed by atoms with E-state index in [2.05, 4.69) is 17.1 Å². The number of amides is 1. The van der Waals surface area contributed by atoms with Crippen LogP contribution in [0.3, 0.4) is 0 Å². The normalized spacial score (nSPS) is 20.2. The van der Waals surface area contributed by atoms with Crippen molar-refractivity contribution in [2.75, 3.05) is 19.6 Å². The van der Waals surface area contributed by atoms with Crippen molar-refractivity contribution in [1.29, 1.82) is 0 Å². The van der Waals surface area contributed by atoms with Gasteiger partial charge in [-0.1, -0.05) is 0 Å². The van der Waals surface area contributed by atoms with Gasteiger partial charge in [0.1, 0.15) is 0 Å². The van der Waals surface area contributed by atoms with E-state index < -0.39 is 0 Å². The molecule has 1 heterocycles. The van der Waals surface area contributed by atoms with Gasteiger partial charge in [0.25, 0.3) is 0 Å². The van der Waals surface area contributed by atoms with Gasteiger partial charge in [-0.2, -0.15) is 0 Å². The van der Waals surface area contributed by atoms with E-state index in [0.29, 0.717) is 6.42 Å². The molecule has 0 saturated carbocycles. The maximum absolute atomic E-state index is 11.6. The molecule has 3 N–H and O–H groups in total. The summed E-state index contributed by atoms with van der Waals surface area (Å²) >= 11 is 0. The summed E-state index contributed by atoms with van der Waals surface area (Å²) in [5.41, 5.74) is 5.65. The summed E-state index contributed by atoms with van der Waals surface area (Å²) in [6.07, 6.45) is 5.02. The largest absolute Gasteiger partial charge is 0.352 e. The van der Waals surface area contributed by atoms with E-state index in [4.69, 9.17) is 5.73 Å². The van der Waals surface area contributed by atoms with Gasteiger partial charge in [0.2, 0.25) is 5.91 Å². The van der Waals surface area contributed by atoms with Gasteiger partial charge >= 0.3 is 0 Å². The number of rotatable bonds is 7. The minimum Gasteiger partial charge on any atom is -0.352 e. The second-order valence-corrected chi connectivity index (χ2v) is 5.35. The lowest BCUT2D eigenvalue weighted by molar-refractivity contribution is -0.121. The van der Waals surface area contributed by atoms with Crippen molar-refractivity contribution >= 4 is 5.91 Å². The van der Waals surface area contributed by atoms with Crippen LogP contribution in [0.4, 0.5) is 0 Å². The molecule has 100 valence electrons. The summed E-state index contributed by atoms with van der Waals surface area (Å²) in [5, 5.41) is 3.06. The van der Waals surface area contributed by atoms with Crippen LogP contribution < -0.4 is 11.1 Å². The number of carbonyl (C=O) groups is 1. The summed E-state index contributed by atoms with van der Waals surface area (Å²) < 4.78 is 0. The van der Waals surface area contributed by atoms with Gasteiger partial charge in [-0.3, -0.25) is 4.79 Å². The summed E-state index contributed by atoms with van der Waals surface area (Å²) in [4.78, 5) is 14.1. The molecule has 0 aromatic heterocycles. The molecule has 1 amide bonds. The fourth-order valence-electron chi connectivity index (χ4n) is 2.33. The van der Waals surface area contributed by atoms with Crippen LogP contribution in [-0.4, -0.2) is 42.5 Å². The number of carbonyl (C=O) groups excluding carboxylic acids is 1. The zero-order valence-electron chi connectivity index (χ0n) is 11.2. The zero-order chi connectivity index (χ0) is 12.7. The molecule has 4 nitrogen and oxygen atoms in total. The second-order valence-electron chi connectivity index (χ2n) is 5.35. The molecule has 17 heavy (non-hydrogen) atoms. The van der Waals surface area contributed by atoms with Crippen molar-refractivity contribution in [2.24, 2.45) is 5.73 Å². The summed E-state index contributed by atoms with van der Waals surface area (Å²) in [6, 6.07) is 0.459. The number of nitrogens with zero attached hydrogens (tertiary/aromatic N) is 1. The molecule has 1 fully saturated rings. The first-order valence-electron chi connectivity index (χ1n) is 6.85. The highest BCUT2D eigenvalue weighted by Crippen LogP contribution is 2.07. The van der Waals surface area contributed by atoms with Gasteiger partial charge in [0.15, 0.2) is 0 Å². The van der Waals surface area contributed by atoms with Crippen molar-refractivity contribution in [2.45, 2.75) is 58.0 Å². The Kier molecular flexibility index (Phi) is 6.52. The molecule has 4 heteroatoms. The molecule has 1 saturated heterocycles. The smallest absolute Gasteiger partial charge is 0.220 e. The Balaban J connectivity index is 2.07. The number of hydrogen-bond acceptors (Lipinski definition) is 3. The average molecular weight is 241 g/mol. The molecular formula is C13H27N3O. The van der Waals surface area contributed by atoms with Crippen molar-refractivity contribution in [3.05, 3.63) is 0 Å².